The first-order valence-corrected chi connectivity index (χ1v) is 5.64. The number of β-amino-alcohol motifs (C(OH)–C–C–N with tert-alkyl or cyclic N) is 1. The summed E-state index contributed by atoms with van der Waals surface area (Å²) in [5.41, 5.74) is 0.705. The van der Waals surface area contributed by atoms with Crippen LogP contribution in [0, 0.1) is 0 Å². The van der Waals surface area contributed by atoms with Crippen molar-refractivity contribution in [2.75, 3.05) is 13.6 Å². The van der Waals surface area contributed by atoms with Crippen molar-refractivity contribution >= 4 is 29.1 Å². The van der Waals surface area contributed by atoms with Gasteiger partial charge < -0.3 is 10.0 Å². The monoisotopic (exact) mass is 259 g/mol. The highest BCUT2D eigenvalue weighted by molar-refractivity contribution is 6.42. The summed E-state index contributed by atoms with van der Waals surface area (Å²) in [6, 6.07) is 4.99. The average Bonchev–Trinajstić information content (AvgIpc) is 2.47. The Morgan fingerprint density at radius 1 is 1.38 bits per heavy atom. The summed E-state index contributed by atoms with van der Waals surface area (Å²) in [5, 5.41) is 10.6. The molecule has 1 N–H and O–H groups in total. The molecule has 1 aromatic carbocycles. The van der Waals surface area contributed by atoms with Crippen molar-refractivity contribution in [2.24, 2.45) is 0 Å². The van der Waals surface area contributed by atoms with Crippen LogP contribution >= 0.6 is 23.2 Å². The molecule has 1 heterocycles. The molecule has 0 radical (unpaired) electrons. The van der Waals surface area contributed by atoms with Crippen LogP contribution in [-0.2, 0) is 4.79 Å². The van der Waals surface area contributed by atoms with Gasteiger partial charge in [-0.15, -0.1) is 0 Å². The molecular weight excluding hydrogens is 249 g/mol. The number of likely N-dealkylation sites (tertiary alicyclic amines) is 1. The maximum Gasteiger partial charge on any atom is 0.232 e. The van der Waals surface area contributed by atoms with Gasteiger partial charge in [0.2, 0.25) is 5.91 Å². The minimum absolute atomic E-state index is 0.0918. The van der Waals surface area contributed by atoms with Crippen molar-refractivity contribution in [1.82, 2.24) is 4.90 Å². The topological polar surface area (TPSA) is 40.5 Å². The number of aliphatic hydroxyl groups excluding tert-OH is 1. The van der Waals surface area contributed by atoms with Gasteiger partial charge in [-0.25, -0.2) is 0 Å². The molecule has 0 aromatic heterocycles. The van der Waals surface area contributed by atoms with E-state index in [4.69, 9.17) is 23.2 Å². The zero-order valence-corrected chi connectivity index (χ0v) is 10.2. The first-order valence-electron chi connectivity index (χ1n) is 4.88. The first kappa shape index (κ1) is 11.7. The van der Waals surface area contributed by atoms with Crippen molar-refractivity contribution in [3.05, 3.63) is 33.8 Å². The highest BCUT2D eigenvalue weighted by Crippen LogP contribution is 2.32. The third-order valence-electron chi connectivity index (χ3n) is 2.79. The van der Waals surface area contributed by atoms with Crippen LogP contribution < -0.4 is 0 Å². The van der Waals surface area contributed by atoms with Crippen LogP contribution in [-0.4, -0.2) is 35.6 Å². The summed E-state index contributed by atoms with van der Waals surface area (Å²) < 4.78 is 0. The van der Waals surface area contributed by atoms with Crippen molar-refractivity contribution in [3.8, 4) is 0 Å². The highest BCUT2D eigenvalue weighted by atomic mass is 35.5. The van der Waals surface area contributed by atoms with Crippen LogP contribution in [0.5, 0.6) is 0 Å². The normalized spacial score (nSPS) is 25.2. The van der Waals surface area contributed by atoms with E-state index in [-0.39, 0.29) is 5.91 Å². The number of nitrogens with zero attached hydrogens (tertiary/aromatic N) is 1. The lowest BCUT2D eigenvalue weighted by atomic mass is 9.96. The Hall–Kier alpha value is -0.770. The van der Waals surface area contributed by atoms with E-state index < -0.39 is 12.0 Å². The van der Waals surface area contributed by atoms with Crippen LogP contribution in [0.15, 0.2) is 18.2 Å². The van der Waals surface area contributed by atoms with Crippen LogP contribution in [0.3, 0.4) is 0 Å². The second-order valence-corrected chi connectivity index (χ2v) is 4.75. The van der Waals surface area contributed by atoms with Gasteiger partial charge in [0.15, 0.2) is 0 Å². The molecule has 0 spiro atoms. The zero-order chi connectivity index (χ0) is 11.9. The Balaban J connectivity index is 2.37. The molecule has 3 nitrogen and oxygen atoms in total. The molecule has 1 aliphatic heterocycles. The third-order valence-corrected chi connectivity index (χ3v) is 3.53. The standard InChI is InChI=1S/C11H11Cl2NO2/c1-14-5-9(15)10(11(14)16)6-2-3-7(12)8(13)4-6/h2-4,9-10,15H,5H2,1H3. The Labute approximate surface area is 104 Å². The Morgan fingerprint density at radius 2 is 2.06 bits per heavy atom. The summed E-state index contributed by atoms with van der Waals surface area (Å²) in [4.78, 5) is 13.3. The summed E-state index contributed by atoms with van der Waals surface area (Å²) >= 11 is 11.7. The van der Waals surface area contributed by atoms with Crippen LogP contribution in [0.1, 0.15) is 11.5 Å². The molecule has 1 aliphatic rings. The molecule has 0 saturated carbocycles. The molecule has 1 amide bonds. The lowest BCUT2D eigenvalue weighted by molar-refractivity contribution is -0.128. The molecule has 5 heteroatoms. The molecule has 16 heavy (non-hydrogen) atoms. The number of carbonyl (C=O) groups excluding carboxylic acids is 1. The average molecular weight is 260 g/mol. The molecule has 1 saturated heterocycles. The second-order valence-electron chi connectivity index (χ2n) is 3.94. The Morgan fingerprint density at radius 3 is 2.56 bits per heavy atom. The van der Waals surface area contributed by atoms with Crippen LogP contribution in [0.4, 0.5) is 0 Å². The van der Waals surface area contributed by atoms with E-state index in [9.17, 15) is 9.90 Å². The number of hydrogen-bond acceptors (Lipinski definition) is 2. The van der Waals surface area contributed by atoms with Crippen LogP contribution in [0.25, 0.3) is 0 Å². The third kappa shape index (κ3) is 1.90. The van der Waals surface area contributed by atoms with Crippen molar-refractivity contribution in [3.63, 3.8) is 0 Å². The molecule has 0 bridgehead atoms. The maximum absolute atomic E-state index is 11.8. The van der Waals surface area contributed by atoms with Gasteiger partial charge in [-0.3, -0.25) is 4.79 Å². The van der Waals surface area contributed by atoms with Gasteiger partial charge in [-0.05, 0) is 17.7 Å². The summed E-state index contributed by atoms with van der Waals surface area (Å²) in [6.45, 7) is 0.351. The molecule has 2 rings (SSSR count). The van der Waals surface area contributed by atoms with E-state index in [1.807, 2.05) is 0 Å². The highest BCUT2D eigenvalue weighted by Gasteiger charge is 2.38. The van der Waals surface area contributed by atoms with Crippen LogP contribution in [0.2, 0.25) is 10.0 Å². The fraction of sp³-hybridized carbons (Fsp3) is 0.364. The lowest BCUT2D eigenvalue weighted by Crippen LogP contribution is -2.21. The van der Waals surface area contributed by atoms with Gasteiger partial charge in [0.25, 0.3) is 0 Å². The van der Waals surface area contributed by atoms with Crippen molar-refractivity contribution in [2.45, 2.75) is 12.0 Å². The van der Waals surface area contributed by atoms with E-state index in [0.29, 0.717) is 22.2 Å². The number of benzene rings is 1. The minimum Gasteiger partial charge on any atom is -0.390 e. The summed E-state index contributed by atoms with van der Waals surface area (Å²) in [7, 11) is 1.67. The number of likely N-dealkylation sites (N-methyl/N-ethyl adjacent to an activating group) is 1. The van der Waals surface area contributed by atoms with Crippen molar-refractivity contribution in [1.29, 1.82) is 0 Å². The smallest absolute Gasteiger partial charge is 0.232 e. The molecule has 0 aliphatic carbocycles. The number of amides is 1. The van der Waals surface area contributed by atoms with Gasteiger partial charge in [0.05, 0.1) is 22.1 Å². The molecule has 2 unspecified atom stereocenters. The van der Waals surface area contributed by atoms with E-state index in [1.54, 1.807) is 25.2 Å². The summed E-state index contributed by atoms with van der Waals surface area (Å²) in [5.74, 6) is -0.620. The number of hydrogen-bond donors (Lipinski definition) is 1. The quantitative estimate of drug-likeness (QED) is 0.837. The van der Waals surface area contributed by atoms with Gasteiger partial charge in [-0.1, -0.05) is 29.3 Å². The number of carbonyl (C=O) groups is 1. The lowest BCUT2D eigenvalue weighted by Gasteiger charge is -2.12. The van der Waals surface area contributed by atoms with Gasteiger partial charge >= 0.3 is 0 Å². The predicted octanol–water partition coefficient (Wildman–Crippen LogP) is 1.91. The fourth-order valence-corrected chi connectivity index (χ4v) is 2.26. The van der Waals surface area contributed by atoms with Gasteiger partial charge in [0.1, 0.15) is 0 Å². The Kier molecular flexibility index (Phi) is 3.10. The second kappa shape index (κ2) is 4.24. The summed E-state index contributed by atoms with van der Waals surface area (Å²) in [6.07, 6.45) is -0.685. The minimum atomic E-state index is -0.685. The SMILES string of the molecule is CN1CC(O)C(c2ccc(Cl)c(Cl)c2)C1=O. The number of halogens is 2. The van der Waals surface area contributed by atoms with E-state index >= 15 is 0 Å². The number of aliphatic hydroxyl groups is 1. The molecule has 86 valence electrons. The number of rotatable bonds is 1. The maximum atomic E-state index is 11.8. The van der Waals surface area contributed by atoms with E-state index in [0.717, 1.165) is 0 Å². The van der Waals surface area contributed by atoms with E-state index in [1.165, 1.54) is 4.90 Å². The molecule has 1 fully saturated rings. The predicted molar refractivity (Wildman–Crippen MR) is 62.8 cm³/mol. The fourth-order valence-electron chi connectivity index (χ4n) is 1.95. The van der Waals surface area contributed by atoms with Gasteiger partial charge in [-0.2, -0.15) is 0 Å². The van der Waals surface area contributed by atoms with Gasteiger partial charge in [0, 0.05) is 13.6 Å². The molecule has 1 aromatic rings. The van der Waals surface area contributed by atoms with Crippen molar-refractivity contribution < 1.29 is 9.90 Å². The molecule has 2 atom stereocenters. The first-order chi connectivity index (χ1) is 7.50. The largest absolute Gasteiger partial charge is 0.390 e. The zero-order valence-electron chi connectivity index (χ0n) is 8.65. The Bertz CT molecular complexity index is 436. The molecular formula is C11H11Cl2NO2. The van der Waals surface area contributed by atoms with E-state index in [2.05, 4.69) is 0 Å².